The fourth-order valence-corrected chi connectivity index (χ4v) is 2.48. The first kappa shape index (κ1) is 13.1. The molecule has 1 saturated heterocycles. The first-order valence-corrected chi connectivity index (χ1v) is 6.83. The molecule has 2 N–H and O–H groups in total. The number of nitrogens with zero attached hydrogens (tertiary/aromatic N) is 1. The molecule has 3 heteroatoms. The Morgan fingerprint density at radius 1 is 1.33 bits per heavy atom. The summed E-state index contributed by atoms with van der Waals surface area (Å²) in [5.41, 5.74) is 7.19. The van der Waals surface area contributed by atoms with Crippen LogP contribution >= 0.6 is 0 Å². The van der Waals surface area contributed by atoms with Gasteiger partial charge in [0.05, 0.1) is 0 Å². The summed E-state index contributed by atoms with van der Waals surface area (Å²) in [5, 5.41) is 0. The van der Waals surface area contributed by atoms with Gasteiger partial charge in [0.1, 0.15) is 0 Å². The zero-order valence-electron chi connectivity index (χ0n) is 10.8. The third-order valence-electron chi connectivity index (χ3n) is 3.51. The molecule has 1 amide bonds. The number of nitrogens with two attached hydrogens (primary N) is 1. The molecular weight excluding hydrogens is 224 g/mol. The van der Waals surface area contributed by atoms with E-state index < -0.39 is 0 Å². The molecule has 1 aromatic rings. The van der Waals surface area contributed by atoms with Gasteiger partial charge in [-0.15, -0.1) is 0 Å². The van der Waals surface area contributed by atoms with E-state index in [1.807, 2.05) is 23.1 Å². The first-order chi connectivity index (χ1) is 8.75. The first-order valence-electron chi connectivity index (χ1n) is 6.83. The molecule has 1 fully saturated rings. The van der Waals surface area contributed by atoms with Gasteiger partial charge in [-0.3, -0.25) is 4.79 Å². The van der Waals surface area contributed by atoms with Gasteiger partial charge in [0.2, 0.25) is 5.91 Å². The lowest BCUT2D eigenvalue weighted by Crippen LogP contribution is -2.45. The van der Waals surface area contributed by atoms with E-state index in [-0.39, 0.29) is 11.9 Å². The lowest BCUT2D eigenvalue weighted by molar-refractivity contribution is -0.132. The van der Waals surface area contributed by atoms with Crippen LogP contribution in [0.5, 0.6) is 0 Å². The summed E-state index contributed by atoms with van der Waals surface area (Å²) in [7, 11) is 0. The van der Waals surface area contributed by atoms with Crippen molar-refractivity contribution in [1.29, 1.82) is 0 Å². The number of piperidine rings is 1. The Balaban J connectivity index is 1.71. The van der Waals surface area contributed by atoms with Gasteiger partial charge in [-0.1, -0.05) is 30.3 Å². The molecule has 1 heterocycles. The highest BCUT2D eigenvalue weighted by Gasteiger charge is 2.20. The number of benzene rings is 1. The van der Waals surface area contributed by atoms with Crippen LogP contribution in [0.4, 0.5) is 0 Å². The van der Waals surface area contributed by atoms with Crippen molar-refractivity contribution in [2.45, 2.75) is 38.1 Å². The normalized spacial score (nSPS) is 19.8. The average Bonchev–Trinajstić information content (AvgIpc) is 2.40. The van der Waals surface area contributed by atoms with E-state index in [1.54, 1.807) is 0 Å². The minimum atomic E-state index is 0.178. The molecule has 0 bridgehead atoms. The van der Waals surface area contributed by atoms with Crippen molar-refractivity contribution in [1.82, 2.24) is 4.90 Å². The predicted molar refractivity (Wildman–Crippen MR) is 73.2 cm³/mol. The maximum absolute atomic E-state index is 12.0. The molecule has 0 spiro atoms. The van der Waals surface area contributed by atoms with Crippen molar-refractivity contribution >= 4 is 5.91 Å². The molecule has 18 heavy (non-hydrogen) atoms. The second-order valence-corrected chi connectivity index (χ2v) is 5.08. The average molecular weight is 246 g/mol. The monoisotopic (exact) mass is 246 g/mol. The van der Waals surface area contributed by atoms with E-state index in [2.05, 4.69) is 12.1 Å². The maximum Gasteiger partial charge on any atom is 0.222 e. The second kappa shape index (κ2) is 6.55. The summed E-state index contributed by atoms with van der Waals surface area (Å²) in [6.07, 6.45) is 4.64. The second-order valence-electron chi connectivity index (χ2n) is 5.08. The van der Waals surface area contributed by atoms with E-state index in [4.69, 9.17) is 5.73 Å². The zero-order chi connectivity index (χ0) is 12.8. The Labute approximate surface area is 109 Å². The van der Waals surface area contributed by atoms with Gasteiger partial charge < -0.3 is 10.6 Å². The quantitative estimate of drug-likeness (QED) is 0.882. The van der Waals surface area contributed by atoms with Gasteiger partial charge >= 0.3 is 0 Å². The molecule has 2 rings (SSSR count). The lowest BCUT2D eigenvalue weighted by atomic mass is 10.0. The molecule has 0 radical (unpaired) electrons. The fourth-order valence-electron chi connectivity index (χ4n) is 2.48. The van der Waals surface area contributed by atoms with E-state index in [9.17, 15) is 4.79 Å². The molecule has 1 aliphatic rings. The minimum Gasteiger partial charge on any atom is -0.341 e. The molecule has 1 atom stereocenters. The van der Waals surface area contributed by atoms with E-state index in [0.29, 0.717) is 6.42 Å². The Kier molecular flexibility index (Phi) is 4.76. The third kappa shape index (κ3) is 3.84. The number of likely N-dealkylation sites (tertiary alicyclic amines) is 1. The summed E-state index contributed by atoms with van der Waals surface area (Å²) in [6.45, 7) is 1.63. The third-order valence-corrected chi connectivity index (χ3v) is 3.51. The largest absolute Gasteiger partial charge is 0.341 e. The Hall–Kier alpha value is -1.35. The molecule has 1 aromatic carbocycles. The van der Waals surface area contributed by atoms with Crippen molar-refractivity contribution in [2.75, 3.05) is 13.1 Å². The number of carbonyl (C=O) groups excluding carboxylic acids is 1. The molecule has 0 aromatic heterocycles. The van der Waals surface area contributed by atoms with Crippen LogP contribution in [0.3, 0.4) is 0 Å². The molecule has 1 unspecified atom stereocenters. The smallest absolute Gasteiger partial charge is 0.222 e. The fraction of sp³-hybridized carbons (Fsp3) is 0.533. The van der Waals surface area contributed by atoms with Crippen LogP contribution in [0.25, 0.3) is 0 Å². The summed E-state index contributed by atoms with van der Waals surface area (Å²) in [5.74, 6) is 0.265. The van der Waals surface area contributed by atoms with Gasteiger partial charge in [-0.25, -0.2) is 0 Å². The number of hydrogen-bond acceptors (Lipinski definition) is 2. The van der Waals surface area contributed by atoms with Crippen LogP contribution in [-0.4, -0.2) is 29.9 Å². The number of carbonyl (C=O) groups is 1. The number of aryl methyl sites for hydroxylation is 1. The molecular formula is C15H22N2O. The van der Waals surface area contributed by atoms with Crippen molar-refractivity contribution < 1.29 is 4.79 Å². The van der Waals surface area contributed by atoms with E-state index in [1.165, 1.54) is 5.56 Å². The molecule has 1 aliphatic heterocycles. The van der Waals surface area contributed by atoms with E-state index in [0.717, 1.165) is 38.8 Å². The lowest BCUT2D eigenvalue weighted by Gasteiger charge is -2.30. The predicted octanol–water partition coefficient (Wildman–Crippen LogP) is 1.96. The zero-order valence-corrected chi connectivity index (χ0v) is 10.8. The minimum absolute atomic E-state index is 0.178. The molecule has 3 nitrogen and oxygen atoms in total. The van der Waals surface area contributed by atoms with Crippen molar-refractivity contribution in [2.24, 2.45) is 5.73 Å². The molecule has 0 saturated carbocycles. The molecule has 0 aliphatic carbocycles. The summed E-state index contributed by atoms with van der Waals surface area (Å²) >= 11 is 0. The van der Waals surface area contributed by atoms with Crippen molar-refractivity contribution in [3.63, 3.8) is 0 Å². The van der Waals surface area contributed by atoms with Crippen LogP contribution in [-0.2, 0) is 11.2 Å². The highest BCUT2D eigenvalue weighted by molar-refractivity contribution is 5.76. The van der Waals surface area contributed by atoms with Crippen LogP contribution in [0.1, 0.15) is 31.2 Å². The Morgan fingerprint density at radius 3 is 2.83 bits per heavy atom. The summed E-state index contributed by atoms with van der Waals surface area (Å²) < 4.78 is 0. The van der Waals surface area contributed by atoms with Crippen molar-refractivity contribution in [3.8, 4) is 0 Å². The summed E-state index contributed by atoms with van der Waals surface area (Å²) in [4.78, 5) is 13.9. The molecule has 98 valence electrons. The summed E-state index contributed by atoms with van der Waals surface area (Å²) in [6, 6.07) is 10.5. The standard InChI is InChI=1S/C15H22N2O/c16-14-9-5-11-17(12-14)15(18)10-4-8-13-6-2-1-3-7-13/h1-3,6-7,14H,4-5,8-12,16H2. The van der Waals surface area contributed by atoms with Crippen molar-refractivity contribution in [3.05, 3.63) is 35.9 Å². The van der Waals surface area contributed by atoms with Gasteiger partial charge in [-0.2, -0.15) is 0 Å². The van der Waals surface area contributed by atoms with Gasteiger partial charge in [0.15, 0.2) is 0 Å². The Morgan fingerprint density at radius 2 is 2.11 bits per heavy atom. The van der Waals surface area contributed by atoms with Crippen LogP contribution in [0.2, 0.25) is 0 Å². The van der Waals surface area contributed by atoms with Gasteiger partial charge in [-0.05, 0) is 31.2 Å². The maximum atomic E-state index is 12.0. The highest BCUT2D eigenvalue weighted by Crippen LogP contribution is 2.11. The van der Waals surface area contributed by atoms with Crippen LogP contribution in [0, 0.1) is 0 Å². The SMILES string of the molecule is NC1CCCN(C(=O)CCCc2ccccc2)C1. The number of amides is 1. The van der Waals surface area contributed by atoms with Gasteiger partial charge in [0, 0.05) is 25.6 Å². The Bertz CT molecular complexity index is 377. The van der Waals surface area contributed by atoms with Crippen LogP contribution < -0.4 is 5.73 Å². The number of rotatable bonds is 4. The van der Waals surface area contributed by atoms with Gasteiger partial charge in [0.25, 0.3) is 0 Å². The van der Waals surface area contributed by atoms with E-state index >= 15 is 0 Å². The van der Waals surface area contributed by atoms with Crippen LogP contribution in [0.15, 0.2) is 30.3 Å². The number of hydrogen-bond donors (Lipinski definition) is 1. The topological polar surface area (TPSA) is 46.3 Å². The highest BCUT2D eigenvalue weighted by atomic mass is 16.2.